The molecule has 0 aliphatic heterocycles. The van der Waals surface area contributed by atoms with E-state index in [0.717, 1.165) is 11.1 Å². The van der Waals surface area contributed by atoms with Crippen LogP contribution in [0.25, 0.3) is 0 Å². The predicted molar refractivity (Wildman–Crippen MR) is 124 cm³/mol. The Kier molecular flexibility index (Phi) is 7.07. The highest BCUT2D eigenvalue weighted by molar-refractivity contribution is 7.98. The fraction of sp³-hybridized carbons (Fsp3) is 0.217. The SMILES string of the molecule is CSc1ccc(Oc2cc(S(=O)(=O)Nc3ccccc3)ccc2CN(C)C)cc1C. The van der Waals surface area contributed by atoms with E-state index in [2.05, 4.69) is 4.72 Å². The van der Waals surface area contributed by atoms with E-state index < -0.39 is 10.0 Å². The number of nitrogens with zero attached hydrogens (tertiary/aromatic N) is 1. The second-order valence-corrected chi connectivity index (χ2v) is 9.74. The molecule has 3 aromatic carbocycles. The lowest BCUT2D eigenvalue weighted by Gasteiger charge is -2.17. The number of aryl methyl sites for hydroxylation is 1. The highest BCUT2D eigenvalue weighted by Gasteiger charge is 2.18. The third-order valence-electron chi connectivity index (χ3n) is 4.46. The second kappa shape index (κ2) is 9.55. The van der Waals surface area contributed by atoms with Crippen LogP contribution in [0.2, 0.25) is 0 Å². The van der Waals surface area contributed by atoms with Gasteiger partial charge in [-0.15, -0.1) is 11.8 Å². The number of hydrogen-bond donors (Lipinski definition) is 1. The summed E-state index contributed by atoms with van der Waals surface area (Å²) in [5.41, 5.74) is 2.54. The first-order valence-corrected chi connectivity index (χ1v) is 12.2. The minimum Gasteiger partial charge on any atom is -0.457 e. The second-order valence-electron chi connectivity index (χ2n) is 7.21. The highest BCUT2D eigenvalue weighted by Crippen LogP contribution is 2.32. The van der Waals surface area contributed by atoms with Gasteiger partial charge >= 0.3 is 0 Å². The summed E-state index contributed by atoms with van der Waals surface area (Å²) < 4.78 is 34.6. The molecule has 0 aliphatic carbocycles. The Balaban J connectivity index is 1.96. The van der Waals surface area contributed by atoms with Crippen molar-refractivity contribution in [2.24, 2.45) is 0 Å². The van der Waals surface area contributed by atoms with Crippen LogP contribution < -0.4 is 9.46 Å². The van der Waals surface area contributed by atoms with Crippen molar-refractivity contribution in [3.63, 3.8) is 0 Å². The maximum Gasteiger partial charge on any atom is 0.262 e. The van der Waals surface area contributed by atoms with Gasteiger partial charge in [-0.3, -0.25) is 4.72 Å². The average molecular weight is 443 g/mol. The zero-order valence-electron chi connectivity index (χ0n) is 17.5. The summed E-state index contributed by atoms with van der Waals surface area (Å²) in [6.45, 7) is 2.66. The van der Waals surface area contributed by atoms with Gasteiger partial charge in [0, 0.05) is 28.8 Å². The largest absolute Gasteiger partial charge is 0.457 e. The molecule has 0 spiro atoms. The van der Waals surface area contributed by atoms with Crippen LogP contribution in [0.5, 0.6) is 11.5 Å². The monoisotopic (exact) mass is 442 g/mol. The van der Waals surface area contributed by atoms with E-state index in [1.165, 1.54) is 4.90 Å². The van der Waals surface area contributed by atoms with Crippen molar-refractivity contribution in [1.82, 2.24) is 4.90 Å². The summed E-state index contributed by atoms with van der Waals surface area (Å²) in [7, 11) is 0.183. The minimum atomic E-state index is -3.74. The quantitative estimate of drug-likeness (QED) is 0.475. The first-order chi connectivity index (χ1) is 14.3. The van der Waals surface area contributed by atoms with Crippen LogP contribution in [0, 0.1) is 6.92 Å². The van der Waals surface area contributed by atoms with Crippen molar-refractivity contribution >= 4 is 27.5 Å². The van der Waals surface area contributed by atoms with Crippen LogP contribution in [0.15, 0.2) is 76.5 Å². The number of thioether (sulfide) groups is 1. The van der Waals surface area contributed by atoms with Gasteiger partial charge in [-0.2, -0.15) is 0 Å². The van der Waals surface area contributed by atoms with Crippen LogP contribution >= 0.6 is 11.8 Å². The molecule has 30 heavy (non-hydrogen) atoms. The van der Waals surface area contributed by atoms with Crippen molar-refractivity contribution in [2.45, 2.75) is 23.3 Å². The molecule has 0 heterocycles. The Morgan fingerprint density at radius 2 is 1.73 bits per heavy atom. The van der Waals surface area contributed by atoms with E-state index in [4.69, 9.17) is 4.74 Å². The van der Waals surface area contributed by atoms with Gasteiger partial charge in [0.05, 0.1) is 4.90 Å². The van der Waals surface area contributed by atoms with Crippen molar-refractivity contribution in [3.8, 4) is 11.5 Å². The molecule has 0 unspecified atom stereocenters. The van der Waals surface area contributed by atoms with Gasteiger partial charge in [-0.05, 0) is 69.2 Å². The van der Waals surface area contributed by atoms with Gasteiger partial charge < -0.3 is 9.64 Å². The van der Waals surface area contributed by atoms with E-state index in [0.29, 0.717) is 23.7 Å². The zero-order chi connectivity index (χ0) is 21.7. The minimum absolute atomic E-state index is 0.154. The van der Waals surface area contributed by atoms with Gasteiger partial charge in [0.2, 0.25) is 0 Å². The number of nitrogens with one attached hydrogen (secondary N) is 1. The van der Waals surface area contributed by atoms with Crippen LogP contribution in [0.4, 0.5) is 5.69 Å². The topological polar surface area (TPSA) is 58.6 Å². The number of hydrogen-bond acceptors (Lipinski definition) is 5. The Hall–Kier alpha value is -2.48. The highest BCUT2D eigenvalue weighted by atomic mass is 32.2. The Morgan fingerprint density at radius 1 is 1.00 bits per heavy atom. The molecule has 0 aromatic heterocycles. The smallest absolute Gasteiger partial charge is 0.262 e. The molecule has 0 saturated carbocycles. The summed E-state index contributed by atoms with van der Waals surface area (Å²) in [4.78, 5) is 3.35. The van der Waals surface area contributed by atoms with Crippen LogP contribution in [-0.2, 0) is 16.6 Å². The Morgan fingerprint density at radius 3 is 2.37 bits per heavy atom. The molecule has 0 bridgehead atoms. The van der Waals surface area contributed by atoms with Gasteiger partial charge in [0.1, 0.15) is 11.5 Å². The van der Waals surface area contributed by atoms with Crippen LogP contribution in [0.1, 0.15) is 11.1 Å². The average Bonchev–Trinajstić information content (AvgIpc) is 2.69. The van der Waals surface area contributed by atoms with Crippen molar-refractivity contribution < 1.29 is 13.2 Å². The molecule has 7 heteroatoms. The third kappa shape index (κ3) is 5.56. The number of para-hydroxylation sites is 1. The lowest BCUT2D eigenvalue weighted by Crippen LogP contribution is -2.15. The number of rotatable bonds is 8. The molecular formula is C23H26N2O3S2. The summed E-state index contributed by atoms with van der Waals surface area (Å²) in [6, 6.07) is 19.7. The van der Waals surface area contributed by atoms with Gasteiger partial charge in [0.25, 0.3) is 10.0 Å². The van der Waals surface area contributed by atoms with Gasteiger partial charge in [-0.25, -0.2) is 8.42 Å². The molecule has 0 saturated heterocycles. The number of anilines is 1. The number of sulfonamides is 1. The first-order valence-electron chi connectivity index (χ1n) is 9.46. The van der Waals surface area contributed by atoms with Crippen LogP contribution in [0.3, 0.4) is 0 Å². The molecule has 3 rings (SSSR count). The summed E-state index contributed by atoms with van der Waals surface area (Å²) in [5, 5.41) is 0. The van der Waals surface area contributed by atoms with E-state index in [1.807, 2.05) is 56.4 Å². The zero-order valence-corrected chi connectivity index (χ0v) is 19.2. The lowest BCUT2D eigenvalue weighted by molar-refractivity contribution is 0.388. The van der Waals surface area contributed by atoms with Crippen molar-refractivity contribution in [3.05, 3.63) is 77.9 Å². The molecule has 0 radical (unpaired) electrons. The van der Waals surface area contributed by atoms with E-state index in [1.54, 1.807) is 54.2 Å². The third-order valence-corrected chi connectivity index (χ3v) is 6.73. The lowest BCUT2D eigenvalue weighted by atomic mass is 10.2. The molecule has 3 aromatic rings. The Labute approximate surface area is 183 Å². The predicted octanol–water partition coefficient (Wildman–Crippen LogP) is 5.37. The summed E-state index contributed by atoms with van der Waals surface area (Å²) >= 11 is 1.68. The molecule has 0 fully saturated rings. The standard InChI is InChI=1S/C23H26N2O3S2/c1-17-14-20(11-13-23(17)29-4)28-22-15-21(12-10-18(22)16-25(2)3)30(26,27)24-19-8-6-5-7-9-19/h5-15,24H,16H2,1-4H3. The van der Waals surface area contributed by atoms with Crippen molar-refractivity contribution in [1.29, 1.82) is 0 Å². The molecule has 5 nitrogen and oxygen atoms in total. The van der Waals surface area contributed by atoms with Gasteiger partial charge in [0.15, 0.2) is 0 Å². The maximum atomic E-state index is 12.9. The molecule has 158 valence electrons. The summed E-state index contributed by atoms with van der Waals surface area (Å²) in [6.07, 6.45) is 2.03. The number of ether oxygens (including phenoxy) is 1. The fourth-order valence-corrected chi connectivity index (χ4v) is 4.69. The molecule has 0 aliphatic rings. The summed E-state index contributed by atoms with van der Waals surface area (Å²) in [5.74, 6) is 1.20. The van der Waals surface area contributed by atoms with E-state index in [9.17, 15) is 8.42 Å². The molecule has 0 amide bonds. The van der Waals surface area contributed by atoms with E-state index in [-0.39, 0.29) is 4.90 Å². The van der Waals surface area contributed by atoms with Crippen molar-refractivity contribution in [2.75, 3.05) is 25.1 Å². The maximum absolute atomic E-state index is 12.9. The molecular weight excluding hydrogens is 416 g/mol. The molecule has 0 atom stereocenters. The Bertz CT molecular complexity index is 1110. The molecule has 1 N–H and O–H groups in total. The van der Waals surface area contributed by atoms with E-state index >= 15 is 0 Å². The number of benzene rings is 3. The van der Waals surface area contributed by atoms with Gasteiger partial charge in [-0.1, -0.05) is 24.3 Å². The fourth-order valence-electron chi connectivity index (χ4n) is 3.03. The van der Waals surface area contributed by atoms with Crippen LogP contribution in [-0.4, -0.2) is 33.7 Å². The normalized spacial score (nSPS) is 11.5. The first kappa shape index (κ1) is 22.2.